The Morgan fingerprint density at radius 3 is 2.60 bits per heavy atom. The molecular weight excluding hydrogens is 507 g/mol. The molecule has 2 fully saturated rings. The lowest BCUT2D eigenvalue weighted by Crippen LogP contribution is -2.70. The molecule has 0 spiro atoms. The summed E-state index contributed by atoms with van der Waals surface area (Å²) in [6.45, 7) is -1.49. The number of halogens is 3. The third kappa shape index (κ3) is 5.50. The molecule has 0 radical (unpaired) electrons. The number of nitrogens with one attached hydrogen (secondary N) is 1. The summed E-state index contributed by atoms with van der Waals surface area (Å²) in [5.41, 5.74) is -0.0796. The third-order valence-electron chi connectivity index (χ3n) is 5.56. The van der Waals surface area contributed by atoms with Crippen LogP contribution in [0.5, 0.6) is 0 Å². The maximum absolute atomic E-state index is 12.7. The van der Waals surface area contributed by atoms with Gasteiger partial charge in [0, 0.05) is 22.8 Å². The smallest absolute Gasteiger partial charge is 0.406 e. The highest BCUT2D eigenvalue weighted by Crippen LogP contribution is 2.41. The Labute approximate surface area is 206 Å². The number of hydrogen-bond donors (Lipinski definition) is 2. The van der Waals surface area contributed by atoms with Crippen molar-refractivity contribution in [3.8, 4) is 0 Å². The van der Waals surface area contributed by atoms with Gasteiger partial charge in [-0.15, -0.1) is 23.5 Å². The zero-order valence-corrected chi connectivity index (χ0v) is 19.7. The largest absolute Gasteiger partial charge is 0.477 e. The van der Waals surface area contributed by atoms with Crippen LogP contribution in [0.25, 0.3) is 0 Å². The summed E-state index contributed by atoms with van der Waals surface area (Å²) >= 11 is 2.52. The highest BCUT2D eigenvalue weighted by atomic mass is 32.2. The van der Waals surface area contributed by atoms with Crippen molar-refractivity contribution in [2.45, 2.75) is 28.9 Å². The van der Waals surface area contributed by atoms with Crippen molar-refractivity contribution in [1.29, 1.82) is 0 Å². The molecule has 0 aromatic heterocycles. The number of amides is 3. The fourth-order valence-electron chi connectivity index (χ4n) is 4.01. The SMILES string of the molecule is O=C(CSc1ccccc1)N[C@@H]1C(=O)N2C(C(=O)O)=C(C=C3CCN(CC(F)(F)F)C3=O)CS[C@H]12. The maximum Gasteiger partial charge on any atom is 0.406 e. The van der Waals surface area contributed by atoms with E-state index in [1.54, 1.807) is 0 Å². The molecule has 3 heterocycles. The van der Waals surface area contributed by atoms with Gasteiger partial charge in [0.2, 0.25) is 11.8 Å². The van der Waals surface area contributed by atoms with E-state index in [0.717, 1.165) is 9.80 Å². The Bertz CT molecular complexity index is 1120. The summed E-state index contributed by atoms with van der Waals surface area (Å²) in [6.07, 6.45) is -3.21. The molecule has 13 heteroatoms. The molecule has 2 saturated heterocycles. The Kier molecular flexibility index (Phi) is 7.17. The van der Waals surface area contributed by atoms with E-state index in [4.69, 9.17) is 0 Å². The minimum Gasteiger partial charge on any atom is -0.477 e. The predicted octanol–water partition coefficient (Wildman–Crippen LogP) is 2.24. The van der Waals surface area contributed by atoms with Crippen LogP contribution in [0.2, 0.25) is 0 Å². The van der Waals surface area contributed by atoms with Gasteiger partial charge >= 0.3 is 12.1 Å². The topological polar surface area (TPSA) is 107 Å². The highest BCUT2D eigenvalue weighted by Gasteiger charge is 2.54. The van der Waals surface area contributed by atoms with Crippen molar-refractivity contribution in [2.75, 3.05) is 24.6 Å². The number of carbonyl (C=O) groups is 4. The number of carboxylic acid groups (broad SMARTS) is 1. The van der Waals surface area contributed by atoms with E-state index in [1.165, 1.54) is 29.6 Å². The molecule has 8 nitrogen and oxygen atoms in total. The summed E-state index contributed by atoms with van der Waals surface area (Å²) in [5, 5.41) is 11.8. The molecule has 2 N–H and O–H groups in total. The van der Waals surface area contributed by atoms with Crippen LogP contribution in [0.15, 0.2) is 58.1 Å². The normalized spacial score (nSPS) is 23.5. The van der Waals surface area contributed by atoms with Gasteiger partial charge in [0.05, 0.1) is 5.75 Å². The van der Waals surface area contributed by atoms with Crippen LogP contribution in [-0.4, -0.2) is 80.8 Å². The van der Waals surface area contributed by atoms with Crippen LogP contribution in [0.3, 0.4) is 0 Å². The molecule has 2 atom stereocenters. The first-order valence-corrected chi connectivity index (χ1v) is 12.5. The standard InChI is InChI=1S/C22H20F3N3O5S2/c23-22(24,25)11-27-7-6-12(18(27)30)8-13-9-35-20-16(19(31)28(20)17(13)21(32)33)26-15(29)10-34-14-4-2-1-3-5-14/h1-5,8,16,20H,6-7,9-11H2,(H,26,29)(H,32,33)/t16-,20-/m1/s1. The van der Waals surface area contributed by atoms with Crippen LogP contribution in [-0.2, 0) is 19.2 Å². The van der Waals surface area contributed by atoms with E-state index >= 15 is 0 Å². The average molecular weight is 528 g/mol. The van der Waals surface area contributed by atoms with Gasteiger partial charge < -0.3 is 15.3 Å². The van der Waals surface area contributed by atoms with E-state index in [-0.39, 0.29) is 47.2 Å². The molecule has 1 aromatic rings. The predicted molar refractivity (Wildman–Crippen MR) is 122 cm³/mol. The number of benzene rings is 1. The van der Waals surface area contributed by atoms with Crippen molar-refractivity contribution in [3.05, 3.63) is 53.3 Å². The molecule has 35 heavy (non-hydrogen) atoms. The quantitative estimate of drug-likeness (QED) is 0.318. The Morgan fingerprint density at radius 1 is 1.23 bits per heavy atom. The number of thioether (sulfide) groups is 2. The number of carboxylic acids is 1. The molecule has 3 aliphatic rings. The Hall–Kier alpha value is -2.93. The van der Waals surface area contributed by atoms with E-state index in [1.807, 2.05) is 30.3 Å². The molecule has 1 aromatic carbocycles. The van der Waals surface area contributed by atoms with Gasteiger partial charge in [-0.25, -0.2) is 4.79 Å². The monoisotopic (exact) mass is 527 g/mol. The van der Waals surface area contributed by atoms with Crippen molar-refractivity contribution in [3.63, 3.8) is 0 Å². The van der Waals surface area contributed by atoms with Crippen molar-refractivity contribution in [1.82, 2.24) is 15.1 Å². The fraction of sp³-hybridized carbons (Fsp3) is 0.364. The van der Waals surface area contributed by atoms with Crippen LogP contribution >= 0.6 is 23.5 Å². The van der Waals surface area contributed by atoms with Crippen molar-refractivity contribution >= 4 is 47.2 Å². The molecule has 0 unspecified atom stereocenters. The molecular formula is C22H20F3N3O5S2. The second-order valence-electron chi connectivity index (χ2n) is 8.00. The Morgan fingerprint density at radius 2 is 1.94 bits per heavy atom. The number of β-lactam (4-membered cyclic amide) rings is 1. The van der Waals surface area contributed by atoms with Gasteiger partial charge in [-0.2, -0.15) is 13.2 Å². The van der Waals surface area contributed by atoms with Crippen molar-refractivity contribution < 1.29 is 37.5 Å². The van der Waals surface area contributed by atoms with Crippen molar-refractivity contribution in [2.24, 2.45) is 0 Å². The first kappa shape index (κ1) is 25.2. The van der Waals surface area contributed by atoms with Crippen LogP contribution in [0.1, 0.15) is 6.42 Å². The molecule has 0 aliphatic carbocycles. The maximum atomic E-state index is 12.7. The van der Waals surface area contributed by atoms with E-state index in [9.17, 15) is 37.5 Å². The van der Waals surface area contributed by atoms with E-state index in [2.05, 4.69) is 5.32 Å². The second kappa shape index (κ2) is 9.97. The van der Waals surface area contributed by atoms with Crippen LogP contribution in [0.4, 0.5) is 13.2 Å². The molecule has 3 aliphatic heterocycles. The number of likely N-dealkylation sites (tertiary alicyclic amines) is 1. The van der Waals surface area contributed by atoms with Gasteiger partial charge in [0.1, 0.15) is 23.7 Å². The van der Waals surface area contributed by atoms with Gasteiger partial charge in [-0.3, -0.25) is 19.3 Å². The zero-order valence-electron chi connectivity index (χ0n) is 18.1. The number of fused-ring (bicyclic) bond motifs is 1. The lowest BCUT2D eigenvalue weighted by Gasteiger charge is -2.49. The fourth-order valence-corrected chi connectivity index (χ4v) is 6.05. The van der Waals surface area contributed by atoms with Gasteiger partial charge in [0.25, 0.3) is 5.91 Å². The van der Waals surface area contributed by atoms with Crippen LogP contribution in [0, 0.1) is 0 Å². The number of carbonyl (C=O) groups excluding carboxylic acids is 3. The number of aliphatic carboxylic acids is 1. The number of alkyl halides is 3. The van der Waals surface area contributed by atoms with Gasteiger partial charge in [-0.05, 0) is 30.2 Å². The minimum atomic E-state index is -4.53. The van der Waals surface area contributed by atoms with E-state index in [0.29, 0.717) is 4.90 Å². The molecule has 3 amide bonds. The number of rotatable bonds is 7. The summed E-state index contributed by atoms with van der Waals surface area (Å²) in [5.74, 6) is -2.95. The molecule has 4 rings (SSSR count). The van der Waals surface area contributed by atoms with Gasteiger partial charge in [-0.1, -0.05) is 18.2 Å². The zero-order chi connectivity index (χ0) is 25.3. The average Bonchev–Trinajstić information content (AvgIpc) is 3.13. The third-order valence-corrected chi connectivity index (χ3v) is 7.88. The lowest BCUT2D eigenvalue weighted by atomic mass is 10.0. The summed E-state index contributed by atoms with van der Waals surface area (Å²) in [7, 11) is 0. The number of nitrogens with zero attached hydrogens (tertiary/aromatic N) is 2. The molecule has 186 valence electrons. The minimum absolute atomic E-state index is 0.0467. The first-order chi connectivity index (χ1) is 16.5. The Balaban J connectivity index is 1.44. The number of allylic oxidation sites excluding steroid dienone is 1. The lowest BCUT2D eigenvalue weighted by molar-refractivity contribution is -0.156. The molecule has 0 saturated carbocycles. The van der Waals surface area contributed by atoms with Crippen LogP contribution < -0.4 is 5.32 Å². The molecule has 0 bridgehead atoms. The number of hydrogen-bond acceptors (Lipinski definition) is 6. The highest BCUT2D eigenvalue weighted by molar-refractivity contribution is 8.00. The summed E-state index contributed by atoms with van der Waals surface area (Å²) < 4.78 is 38.0. The van der Waals surface area contributed by atoms with E-state index < -0.39 is 41.9 Å². The summed E-state index contributed by atoms with van der Waals surface area (Å²) in [4.78, 5) is 52.0. The first-order valence-electron chi connectivity index (χ1n) is 10.5. The second-order valence-corrected chi connectivity index (χ2v) is 10.2. The van der Waals surface area contributed by atoms with Gasteiger partial charge in [0.15, 0.2) is 0 Å². The summed E-state index contributed by atoms with van der Waals surface area (Å²) in [6, 6.07) is 8.34.